The van der Waals surface area contributed by atoms with Crippen molar-refractivity contribution in [1.82, 2.24) is 4.90 Å². The molecule has 1 heterocycles. The molecule has 110 valence electrons. The van der Waals surface area contributed by atoms with Crippen LogP contribution < -0.4 is 5.73 Å². The molecule has 1 aliphatic carbocycles. The van der Waals surface area contributed by atoms with Gasteiger partial charge in [-0.2, -0.15) is 0 Å². The average molecular weight is 270 g/mol. The molecular weight excluding hydrogens is 244 g/mol. The van der Waals surface area contributed by atoms with E-state index in [1.807, 2.05) is 11.8 Å². The maximum absolute atomic E-state index is 12.6. The van der Waals surface area contributed by atoms with Crippen LogP contribution in [0.15, 0.2) is 0 Å². The van der Waals surface area contributed by atoms with Crippen LogP contribution in [0.2, 0.25) is 0 Å². The third kappa shape index (κ3) is 3.09. The predicted octanol–water partition coefficient (Wildman–Crippen LogP) is 0.504. The van der Waals surface area contributed by atoms with Crippen molar-refractivity contribution in [3.63, 3.8) is 0 Å². The summed E-state index contributed by atoms with van der Waals surface area (Å²) in [4.78, 5) is 14.6. The molecule has 3 N–H and O–H groups in total. The first-order chi connectivity index (χ1) is 9.08. The molecule has 19 heavy (non-hydrogen) atoms. The lowest BCUT2D eigenvalue weighted by molar-refractivity contribution is -0.144. The summed E-state index contributed by atoms with van der Waals surface area (Å²) < 4.78 is 5.52. The van der Waals surface area contributed by atoms with E-state index < -0.39 is 0 Å². The molecule has 2 rings (SSSR count). The SMILES string of the molecule is CC1(C(=O)N2CCC(OCCO)CC2)CCCC1N. The summed E-state index contributed by atoms with van der Waals surface area (Å²) in [5.74, 6) is 0.220. The first-order valence-corrected chi connectivity index (χ1v) is 7.35. The van der Waals surface area contributed by atoms with Crippen molar-refractivity contribution in [3.05, 3.63) is 0 Å². The first kappa shape index (κ1) is 14.8. The standard InChI is InChI=1S/C14H26N2O3/c1-14(6-2-3-12(14)15)13(18)16-7-4-11(5-8-16)19-10-9-17/h11-12,17H,2-10,15H2,1H3. The molecule has 0 radical (unpaired) electrons. The predicted molar refractivity (Wildman–Crippen MR) is 72.6 cm³/mol. The molecule has 1 saturated carbocycles. The minimum absolute atomic E-state index is 0.00311. The van der Waals surface area contributed by atoms with Gasteiger partial charge >= 0.3 is 0 Å². The number of likely N-dealkylation sites (tertiary alicyclic amines) is 1. The quantitative estimate of drug-likeness (QED) is 0.780. The van der Waals surface area contributed by atoms with E-state index in [9.17, 15) is 4.79 Å². The number of hydrogen-bond acceptors (Lipinski definition) is 4. The van der Waals surface area contributed by atoms with Crippen LogP contribution >= 0.6 is 0 Å². The van der Waals surface area contributed by atoms with Gasteiger partial charge in [0.15, 0.2) is 0 Å². The van der Waals surface area contributed by atoms with Crippen LogP contribution in [0.5, 0.6) is 0 Å². The second kappa shape index (κ2) is 6.20. The summed E-state index contributed by atoms with van der Waals surface area (Å²) in [6.45, 7) is 3.96. The van der Waals surface area contributed by atoms with Gasteiger partial charge in [0.05, 0.1) is 24.7 Å². The largest absolute Gasteiger partial charge is 0.394 e. The van der Waals surface area contributed by atoms with E-state index in [0.29, 0.717) is 6.61 Å². The zero-order valence-electron chi connectivity index (χ0n) is 11.8. The average Bonchev–Trinajstić information content (AvgIpc) is 2.77. The smallest absolute Gasteiger partial charge is 0.230 e. The number of hydrogen-bond donors (Lipinski definition) is 2. The number of aliphatic hydroxyl groups is 1. The fourth-order valence-electron chi connectivity index (χ4n) is 3.26. The summed E-state index contributed by atoms with van der Waals surface area (Å²) in [6, 6.07) is 0.00311. The third-order valence-electron chi connectivity index (χ3n) is 4.69. The molecule has 1 aliphatic heterocycles. The molecule has 0 aromatic rings. The van der Waals surface area contributed by atoms with Crippen molar-refractivity contribution in [3.8, 4) is 0 Å². The Morgan fingerprint density at radius 3 is 2.63 bits per heavy atom. The summed E-state index contributed by atoms with van der Waals surface area (Å²) >= 11 is 0. The maximum atomic E-state index is 12.6. The highest BCUT2D eigenvalue weighted by atomic mass is 16.5. The minimum Gasteiger partial charge on any atom is -0.394 e. The molecule has 0 aromatic carbocycles. The first-order valence-electron chi connectivity index (χ1n) is 7.35. The second-order valence-electron chi connectivity index (χ2n) is 6.00. The van der Waals surface area contributed by atoms with Gasteiger partial charge in [0.2, 0.25) is 5.91 Å². The number of carbonyl (C=O) groups is 1. The third-order valence-corrected chi connectivity index (χ3v) is 4.69. The van der Waals surface area contributed by atoms with Gasteiger partial charge < -0.3 is 20.5 Å². The number of ether oxygens (including phenoxy) is 1. The van der Waals surface area contributed by atoms with E-state index in [4.69, 9.17) is 15.6 Å². The lowest BCUT2D eigenvalue weighted by Gasteiger charge is -2.38. The van der Waals surface area contributed by atoms with Gasteiger partial charge in [-0.25, -0.2) is 0 Å². The topological polar surface area (TPSA) is 75.8 Å². The zero-order chi connectivity index (χ0) is 13.9. The van der Waals surface area contributed by atoms with E-state index in [1.165, 1.54) is 0 Å². The van der Waals surface area contributed by atoms with Crippen LogP contribution in [0.25, 0.3) is 0 Å². The number of nitrogens with two attached hydrogens (primary N) is 1. The van der Waals surface area contributed by atoms with Crippen LogP contribution in [-0.2, 0) is 9.53 Å². The van der Waals surface area contributed by atoms with Gasteiger partial charge in [-0.05, 0) is 32.6 Å². The lowest BCUT2D eigenvalue weighted by Crippen LogP contribution is -2.52. The van der Waals surface area contributed by atoms with Crippen LogP contribution in [-0.4, -0.2) is 54.4 Å². The number of nitrogens with zero attached hydrogens (tertiary/aromatic N) is 1. The fourth-order valence-corrected chi connectivity index (χ4v) is 3.26. The van der Waals surface area contributed by atoms with Crippen molar-refractivity contribution < 1.29 is 14.6 Å². The van der Waals surface area contributed by atoms with Crippen LogP contribution in [0.4, 0.5) is 0 Å². The Labute approximate surface area is 115 Å². The number of rotatable bonds is 4. The van der Waals surface area contributed by atoms with Gasteiger partial charge in [0, 0.05) is 19.1 Å². The molecule has 2 aliphatic rings. The Kier molecular flexibility index (Phi) is 4.81. The van der Waals surface area contributed by atoms with Crippen LogP contribution in [0.3, 0.4) is 0 Å². The molecule has 5 nitrogen and oxygen atoms in total. The summed E-state index contributed by atoms with van der Waals surface area (Å²) in [6.07, 6.45) is 4.82. The molecule has 2 fully saturated rings. The van der Waals surface area contributed by atoms with Gasteiger partial charge in [-0.3, -0.25) is 4.79 Å². The Hall–Kier alpha value is -0.650. The number of piperidine rings is 1. The van der Waals surface area contributed by atoms with Crippen molar-refractivity contribution in [2.24, 2.45) is 11.1 Å². The Morgan fingerprint density at radius 1 is 1.42 bits per heavy atom. The fraction of sp³-hybridized carbons (Fsp3) is 0.929. The Morgan fingerprint density at radius 2 is 2.11 bits per heavy atom. The molecule has 5 heteroatoms. The number of aliphatic hydroxyl groups excluding tert-OH is 1. The Balaban J connectivity index is 1.85. The van der Waals surface area contributed by atoms with Gasteiger partial charge in [0.1, 0.15) is 0 Å². The van der Waals surface area contributed by atoms with E-state index in [0.717, 1.165) is 45.2 Å². The molecule has 1 amide bonds. The number of carbonyl (C=O) groups excluding carboxylic acids is 1. The highest BCUT2D eigenvalue weighted by Crippen LogP contribution is 2.38. The minimum atomic E-state index is -0.362. The zero-order valence-corrected chi connectivity index (χ0v) is 11.8. The van der Waals surface area contributed by atoms with Crippen LogP contribution in [0.1, 0.15) is 39.0 Å². The van der Waals surface area contributed by atoms with E-state index >= 15 is 0 Å². The molecule has 0 aromatic heterocycles. The normalized spacial score (nSPS) is 32.8. The highest BCUT2D eigenvalue weighted by Gasteiger charge is 2.45. The Bertz CT molecular complexity index is 316. The maximum Gasteiger partial charge on any atom is 0.230 e. The van der Waals surface area contributed by atoms with E-state index in [2.05, 4.69) is 0 Å². The van der Waals surface area contributed by atoms with Gasteiger partial charge in [-0.1, -0.05) is 6.42 Å². The van der Waals surface area contributed by atoms with Crippen molar-refractivity contribution in [1.29, 1.82) is 0 Å². The van der Waals surface area contributed by atoms with Crippen molar-refractivity contribution >= 4 is 5.91 Å². The van der Waals surface area contributed by atoms with Gasteiger partial charge in [0.25, 0.3) is 0 Å². The highest BCUT2D eigenvalue weighted by molar-refractivity contribution is 5.83. The van der Waals surface area contributed by atoms with E-state index in [1.54, 1.807) is 0 Å². The monoisotopic (exact) mass is 270 g/mol. The van der Waals surface area contributed by atoms with Crippen LogP contribution in [0, 0.1) is 5.41 Å². The summed E-state index contributed by atoms with van der Waals surface area (Å²) in [7, 11) is 0. The lowest BCUT2D eigenvalue weighted by atomic mass is 9.83. The second-order valence-corrected chi connectivity index (χ2v) is 6.00. The van der Waals surface area contributed by atoms with Crippen molar-refractivity contribution in [2.75, 3.05) is 26.3 Å². The molecule has 0 bridgehead atoms. The van der Waals surface area contributed by atoms with Crippen molar-refractivity contribution in [2.45, 2.75) is 51.2 Å². The molecule has 1 saturated heterocycles. The molecule has 2 atom stereocenters. The summed E-state index contributed by atoms with van der Waals surface area (Å²) in [5.41, 5.74) is 5.75. The molecule has 0 spiro atoms. The molecule has 2 unspecified atom stereocenters. The summed E-state index contributed by atoms with van der Waals surface area (Å²) in [5, 5.41) is 8.74. The van der Waals surface area contributed by atoms with Gasteiger partial charge in [-0.15, -0.1) is 0 Å². The molecular formula is C14H26N2O3. The number of amides is 1. The van der Waals surface area contributed by atoms with E-state index in [-0.39, 0.29) is 30.1 Å².